The molecule has 4 heterocycles. The number of anilines is 2. The van der Waals surface area contributed by atoms with Crippen LogP contribution in [0.4, 0.5) is 20.3 Å². The first-order chi connectivity index (χ1) is 17.2. The summed E-state index contributed by atoms with van der Waals surface area (Å²) in [6.45, 7) is 6.77. The summed E-state index contributed by atoms with van der Waals surface area (Å²) in [5.74, 6) is 1.41. The number of nitrogens with one attached hydrogen (secondary N) is 1. The maximum Gasteiger partial charge on any atom is 0.282 e. The second-order valence-electron chi connectivity index (χ2n) is 8.57. The first-order valence-corrected chi connectivity index (χ1v) is 11.3. The molecule has 11 heteroatoms. The van der Waals surface area contributed by atoms with Gasteiger partial charge >= 0.3 is 0 Å². The van der Waals surface area contributed by atoms with Gasteiger partial charge in [0.15, 0.2) is 11.6 Å². The Balaban J connectivity index is 1.56. The van der Waals surface area contributed by atoms with Gasteiger partial charge in [-0.2, -0.15) is 10.2 Å². The van der Waals surface area contributed by atoms with Gasteiger partial charge in [-0.05, 0) is 75.7 Å². The second kappa shape index (κ2) is 9.08. The van der Waals surface area contributed by atoms with Gasteiger partial charge in [-0.1, -0.05) is 0 Å². The molecule has 5 aromatic rings. The van der Waals surface area contributed by atoms with Crippen molar-refractivity contribution < 1.29 is 13.9 Å². The summed E-state index contributed by atoms with van der Waals surface area (Å²) in [4.78, 5) is 9.22. The monoisotopic (exact) mass is 490 g/mol. The number of pyridine rings is 1. The van der Waals surface area contributed by atoms with Crippen LogP contribution in [-0.4, -0.2) is 39.6 Å². The molecule has 1 atom stereocenters. The Morgan fingerprint density at radius 3 is 2.47 bits per heavy atom. The lowest BCUT2D eigenvalue weighted by Crippen LogP contribution is -2.11. The van der Waals surface area contributed by atoms with E-state index in [0.29, 0.717) is 34.0 Å². The third kappa shape index (κ3) is 4.17. The largest absolute Gasteiger partial charge is 0.389 e. The molecule has 0 aliphatic carbocycles. The lowest BCUT2D eigenvalue weighted by Gasteiger charge is -2.15. The molecule has 2 N–H and O–H groups in total. The normalized spacial score (nSPS) is 12.4. The first-order valence-electron chi connectivity index (χ1n) is 11.3. The molecule has 0 bridgehead atoms. The number of halogens is 2. The lowest BCUT2D eigenvalue weighted by molar-refractivity contribution is 0.144. The Kier molecular flexibility index (Phi) is 5.92. The number of alkyl halides is 2. The van der Waals surface area contributed by atoms with Crippen molar-refractivity contribution in [2.45, 2.75) is 40.2 Å². The Hall–Kier alpha value is -4.25. The summed E-state index contributed by atoms with van der Waals surface area (Å²) in [6, 6.07) is 12.9. The number of benzene rings is 1. The number of fused-ring (bicyclic) bond motifs is 1. The standard InChI is InChI=1S/C25H24F2N8O/c1-13-5-9-21(32-31-13)29-17-6-8-20-19(11-17)28-12-34(20)22-10-7-18(16(4)36)25(30-22)35-15(3)14(2)23(33-35)24(26)27/h5-12,16,24,36H,1-4H3,(H,29,32). The van der Waals surface area contributed by atoms with Crippen molar-refractivity contribution in [1.29, 1.82) is 0 Å². The number of aromatic nitrogens is 7. The molecule has 0 amide bonds. The van der Waals surface area contributed by atoms with Crippen LogP contribution in [0.2, 0.25) is 0 Å². The van der Waals surface area contributed by atoms with Gasteiger partial charge < -0.3 is 10.4 Å². The summed E-state index contributed by atoms with van der Waals surface area (Å²) >= 11 is 0. The molecule has 0 spiro atoms. The Labute approximate surface area is 205 Å². The SMILES string of the molecule is Cc1ccc(Nc2ccc3c(c2)ncn3-c2ccc(C(C)O)c(-n3nc(C(F)F)c(C)c3C)n2)nn1. The second-order valence-corrected chi connectivity index (χ2v) is 8.57. The predicted molar refractivity (Wildman–Crippen MR) is 131 cm³/mol. The molecule has 0 aliphatic rings. The van der Waals surface area contributed by atoms with E-state index >= 15 is 0 Å². The van der Waals surface area contributed by atoms with Crippen LogP contribution >= 0.6 is 0 Å². The fraction of sp³-hybridized carbons (Fsp3) is 0.240. The van der Waals surface area contributed by atoms with Crippen LogP contribution in [0.5, 0.6) is 0 Å². The number of rotatable bonds is 6. The molecule has 9 nitrogen and oxygen atoms in total. The van der Waals surface area contributed by atoms with Gasteiger partial charge in [-0.3, -0.25) is 4.57 Å². The van der Waals surface area contributed by atoms with Crippen LogP contribution in [0.3, 0.4) is 0 Å². The highest BCUT2D eigenvalue weighted by Crippen LogP contribution is 2.29. The maximum absolute atomic E-state index is 13.5. The number of aliphatic hydroxyl groups is 1. The van der Waals surface area contributed by atoms with E-state index in [1.165, 1.54) is 4.68 Å². The molecule has 4 aromatic heterocycles. The smallest absolute Gasteiger partial charge is 0.282 e. The molecular formula is C25H24F2N8O. The van der Waals surface area contributed by atoms with Gasteiger partial charge in [0.25, 0.3) is 6.43 Å². The minimum absolute atomic E-state index is 0.285. The Morgan fingerprint density at radius 2 is 1.81 bits per heavy atom. The fourth-order valence-corrected chi connectivity index (χ4v) is 3.98. The van der Waals surface area contributed by atoms with Gasteiger partial charge in [-0.25, -0.2) is 23.4 Å². The molecule has 0 radical (unpaired) electrons. The van der Waals surface area contributed by atoms with Gasteiger partial charge in [0, 0.05) is 16.9 Å². The minimum atomic E-state index is -2.71. The van der Waals surface area contributed by atoms with Crippen molar-refractivity contribution in [1.82, 2.24) is 34.5 Å². The summed E-state index contributed by atoms with van der Waals surface area (Å²) in [6.07, 6.45) is -1.95. The van der Waals surface area contributed by atoms with Gasteiger partial charge in [0.05, 0.1) is 22.8 Å². The molecule has 0 saturated heterocycles. The van der Waals surface area contributed by atoms with Crippen molar-refractivity contribution in [2.24, 2.45) is 0 Å². The van der Waals surface area contributed by atoms with Gasteiger partial charge in [0.2, 0.25) is 0 Å². The zero-order valence-corrected chi connectivity index (χ0v) is 20.1. The average molecular weight is 491 g/mol. The Bertz CT molecular complexity index is 1560. The number of aliphatic hydroxyl groups excluding tert-OH is 1. The van der Waals surface area contributed by atoms with Crippen LogP contribution in [-0.2, 0) is 0 Å². The first kappa shape index (κ1) is 23.5. The molecule has 1 aromatic carbocycles. The highest BCUT2D eigenvalue weighted by molar-refractivity contribution is 5.82. The quantitative estimate of drug-likeness (QED) is 0.343. The van der Waals surface area contributed by atoms with E-state index < -0.39 is 12.5 Å². The van der Waals surface area contributed by atoms with Crippen molar-refractivity contribution in [2.75, 3.05) is 5.32 Å². The van der Waals surface area contributed by atoms with Crippen LogP contribution in [0, 0.1) is 20.8 Å². The molecule has 184 valence electrons. The van der Waals surface area contributed by atoms with E-state index in [9.17, 15) is 13.9 Å². The molecule has 0 saturated carbocycles. The Morgan fingerprint density at radius 1 is 1.00 bits per heavy atom. The van der Waals surface area contributed by atoms with Crippen LogP contribution in [0.15, 0.2) is 48.8 Å². The highest BCUT2D eigenvalue weighted by atomic mass is 19.3. The molecule has 5 rings (SSSR count). The van der Waals surface area contributed by atoms with Crippen molar-refractivity contribution in [3.05, 3.63) is 77.0 Å². The molecule has 36 heavy (non-hydrogen) atoms. The van der Waals surface area contributed by atoms with E-state index in [1.807, 2.05) is 37.3 Å². The molecule has 1 unspecified atom stereocenters. The number of imidazole rings is 1. The number of aryl methyl sites for hydroxylation is 1. The third-order valence-electron chi connectivity index (χ3n) is 6.06. The maximum atomic E-state index is 13.5. The number of hydrogen-bond donors (Lipinski definition) is 2. The number of hydrogen-bond acceptors (Lipinski definition) is 7. The third-order valence-corrected chi connectivity index (χ3v) is 6.06. The van der Waals surface area contributed by atoms with Crippen molar-refractivity contribution in [3.8, 4) is 11.6 Å². The van der Waals surface area contributed by atoms with E-state index in [-0.39, 0.29) is 11.5 Å². The van der Waals surface area contributed by atoms with Gasteiger partial charge in [0.1, 0.15) is 17.8 Å². The molecule has 0 aliphatic heterocycles. The minimum Gasteiger partial charge on any atom is -0.389 e. The molecular weight excluding hydrogens is 466 g/mol. The van der Waals surface area contributed by atoms with Crippen molar-refractivity contribution in [3.63, 3.8) is 0 Å². The van der Waals surface area contributed by atoms with Crippen molar-refractivity contribution >= 4 is 22.5 Å². The summed E-state index contributed by atoms with van der Waals surface area (Å²) in [7, 11) is 0. The fourth-order valence-electron chi connectivity index (χ4n) is 3.98. The van der Waals surface area contributed by atoms with Crippen LogP contribution < -0.4 is 5.32 Å². The zero-order valence-electron chi connectivity index (χ0n) is 20.1. The van der Waals surface area contributed by atoms with E-state index in [2.05, 4.69) is 25.6 Å². The summed E-state index contributed by atoms with van der Waals surface area (Å²) < 4.78 is 30.1. The predicted octanol–water partition coefficient (Wildman–Crippen LogP) is 5.06. The van der Waals surface area contributed by atoms with E-state index in [4.69, 9.17) is 4.98 Å². The summed E-state index contributed by atoms with van der Waals surface area (Å²) in [5.41, 5.74) is 4.22. The number of nitrogens with zero attached hydrogens (tertiary/aromatic N) is 7. The molecule has 0 fully saturated rings. The van der Waals surface area contributed by atoms with E-state index in [0.717, 1.165) is 16.9 Å². The summed E-state index contributed by atoms with van der Waals surface area (Å²) in [5, 5.41) is 25.8. The van der Waals surface area contributed by atoms with Gasteiger partial charge in [-0.15, -0.1) is 5.10 Å². The topological polar surface area (TPSA) is 107 Å². The highest BCUT2D eigenvalue weighted by Gasteiger charge is 2.23. The zero-order chi connectivity index (χ0) is 25.6. The van der Waals surface area contributed by atoms with E-state index in [1.54, 1.807) is 43.8 Å². The lowest BCUT2D eigenvalue weighted by atomic mass is 10.1. The van der Waals surface area contributed by atoms with Crippen LogP contribution in [0.1, 0.15) is 47.7 Å². The average Bonchev–Trinajstić information content (AvgIpc) is 3.41. The van der Waals surface area contributed by atoms with Crippen LogP contribution in [0.25, 0.3) is 22.7 Å².